The lowest BCUT2D eigenvalue weighted by Gasteiger charge is -2.30. The van der Waals surface area contributed by atoms with Crippen molar-refractivity contribution in [2.45, 2.75) is 55.8 Å². The lowest BCUT2D eigenvalue weighted by Crippen LogP contribution is -2.43. The molecule has 0 unspecified atom stereocenters. The van der Waals surface area contributed by atoms with E-state index in [0.29, 0.717) is 28.6 Å². The molecule has 0 spiro atoms. The van der Waals surface area contributed by atoms with Gasteiger partial charge in [-0.05, 0) is 62.4 Å². The average Bonchev–Trinajstić information content (AvgIpc) is 4.05. The Morgan fingerprint density at radius 3 is 2.56 bits per heavy atom. The normalized spacial score (nSPS) is 19.5. The number of aliphatic hydroxyl groups is 1. The summed E-state index contributed by atoms with van der Waals surface area (Å²) in [6.07, 6.45) is 5.42. The van der Waals surface area contributed by atoms with Gasteiger partial charge in [-0.1, -0.05) is 41.9 Å². The third kappa shape index (κ3) is 6.25. The molecule has 2 saturated carbocycles. The van der Waals surface area contributed by atoms with Crippen molar-refractivity contribution >= 4 is 35.3 Å². The van der Waals surface area contributed by atoms with Crippen molar-refractivity contribution in [1.82, 2.24) is 10.3 Å². The number of pyridine rings is 1. The number of primary amides is 1. The van der Waals surface area contributed by atoms with Crippen molar-refractivity contribution in [3.05, 3.63) is 105 Å². The van der Waals surface area contributed by atoms with E-state index in [0.717, 1.165) is 31.7 Å². The van der Waals surface area contributed by atoms with E-state index < -0.39 is 41.0 Å². The summed E-state index contributed by atoms with van der Waals surface area (Å²) >= 11 is 6.06. The van der Waals surface area contributed by atoms with Crippen LogP contribution in [-0.4, -0.2) is 53.4 Å². The average molecular weight is 702 g/mol. The molecule has 2 amide bonds. The number of aromatic nitrogens is 1. The number of nitrogens with one attached hydrogen (secondary N) is 1. The highest BCUT2D eigenvalue weighted by Crippen LogP contribution is 2.47. The van der Waals surface area contributed by atoms with Crippen LogP contribution in [0.4, 0.5) is 14.5 Å². The Morgan fingerprint density at radius 1 is 1.14 bits per heavy atom. The Balaban J connectivity index is 1.32. The molecule has 2 heterocycles. The zero-order valence-electron chi connectivity index (χ0n) is 27.0. The van der Waals surface area contributed by atoms with Crippen LogP contribution in [0.2, 0.25) is 5.02 Å². The van der Waals surface area contributed by atoms with Gasteiger partial charge in [0.15, 0.2) is 0 Å². The van der Waals surface area contributed by atoms with Crippen molar-refractivity contribution in [3.8, 4) is 22.8 Å². The largest absolute Gasteiger partial charge is 0.489 e. The number of hydrogen-bond acceptors (Lipinski definition) is 8. The molecule has 50 heavy (non-hydrogen) atoms. The first kappa shape index (κ1) is 33.4. The zero-order chi connectivity index (χ0) is 35.4. The van der Waals surface area contributed by atoms with E-state index in [1.165, 1.54) is 6.07 Å². The van der Waals surface area contributed by atoms with Gasteiger partial charge in [-0.15, -0.1) is 0 Å². The van der Waals surface area contributed by atoms with Crippen LogP contribution in [0.15, 0.2) is 65.7 Å². The molecule has 2 fully saturated rings. The van der Waals surface area contributed by atoms with Crippen LogP contribution in [-0.2, 0) is 15.8 Å². The van der Waals surface area contributed by atoms with Gasteiger partial charge in [0.1, 0.15) is 46.5 Å². The maximum absolute atomic E-state index is 15.4. The summed E-state index contributed by atoms with van der Waals surface area (Å²) < 4.78 is 41.5. The number of rotatable bonds is 11. The molecule has 1 aromatic heterocycles. The highest BCUT2D eigenvalue weighted by atomic mass is 35.5. The first-order chi connectivity index (χ1) is 23.9. The van der Waals surface area contributed by atoms with Gasteiger partial charge in [-0.2, -0.15) is 0 Å². The molecule has 2 aliphatic carbocycles. The molecule has 1 aliphatic heterocycles. The maximum Gasteiger partial charge on any atom is 0.251 e. The number of carbonyl (C=O) groups excluding carboxylic acids is 2. The third-order valence-electron chi connectivity index (χ3n) is 9.29. The van der Waals surface area contributed by atoms with E-state index >= 15 is 4.39 Å². The van der Waals surface area contributed by atoms with Crippen LogP contribution >= 0.6 is 11.6 Å². The molecule has 2 atom stereocenters. The molecule has 10 nitrogen and oxygen atoms in total. The number of nitrogens with zero attached hydrogens (tertiary/aromatic N) is 2. The quantitative estimate of drug-likeness (QED) is 0.0951. The highest BCUT2D eigenvalue weighted by molar-refractivity contribution is 6.31. The number of fused-ring (bicyclic) bond motifs is 1. The number of amides is 2. The van der Waals surface area contributed by atoms with Crippen molar-refractivity contribution < 1.29 is 33.0 Å². The number of ether oxygens (including phenoxy) is 2. The molecule has 7 rings (SSSR count). The van der Waals surface area contributed by atoms with Gasteiger partial charge >= 0.3 is 0 Å². The monoisotopic (exact) mass is 701 g/mol. The second-order valence-electron chi connectivity index (χ2n) is 13.2. The Bertz CT molecular complexity index is 2060. The molecule has 4 aromatic rings. The van der Waals surface area contributed by atoms with Gasteiger partial charge in [-0.25, -0.2) is 13.8 Å². The third-order valence-corrected chi connectivity index (χ3v) is 9.58. The van der Waals surface area contributed by atoms with Crippen molar-refractivity contribution in [2.24, 2.45) is 10.7 Å². The summed E-state index contributed by atoms with van der Waals surface area (Å²) in [6, 6.07) is 14.9. The van der Waals surface area contributed by atoms with E-state index in [4.69, 9.17) is 32.5 Å². The topological polar surface area (TPSA) is 162 Å². The van der Waals surface area contributed by atoms with Crippen molar-refractivity contribution in [3.63, 3.8) is 0 Å². The molecule has 3 aliphatic rings. The molecule has 0 bridgehead atoms. The van der Waals surface area contributed by atoms with Crippen LogP contribution in [0.3, 0.4) is 0 Å². The van der Waals surface area contributed by atoms with E-state index in [-0.39, 0.29) is 57.6 Å². The van der Waals surface area contributed by atoms with E-state index in [1.807, 2.05) is 0 Å². The number of benzene rings is 3. The molecule has 3 aromatic carbocycles. The second kappa shape index (κ2) is 12.7. The standard InChI is InChI=1S/C37H34ClF2N5O5/c1-36(35(42)47)18-49-33-25(36)14-30(45-32(33)24-13-26(38)28(40)15-27(24)39)37(48,21-5-3-2-4-6-21)17-44-34(46)19-11-20(16-43-22-7-8-22)31(41)29(12-19)50-23-9-10-23/h2-6,11-16,22-23,48H,7-10,17-18,41H2,1H3,(H2,42,47)(H,44,46)/t36-,37+/m0/s1. The van der Waals surface area contributed by atoms with E-state index in [9.17, 15) is 19.1 Å². The Hall–Kier alpha value is -5.07. The molecule has 13 heteroatoms. The fraction of sp³-hybridized carbons (Fsp3) is 0.297. The summed E-state index contributed by atoms with van der Waals surface area (Å²) in [5.74, 6) is -2.87. The summed E-state index contributed by atoms with van der Waals surface area (Å²) in [7, 11) is 0. The zero-order valence-corrected chi connectivity index (χ0v) is 27.8. The minimum absolute atomic E-state index is 0.0166. The SMILES string of the molecule is C[C@]1(C(N)=O)COc2c1cc([C@@](O)(CNC(=O)c1cc(C=NC3CC3)c(N)c(OC3CC3)c1)c1ccccc1)nc2-c1cc(Cl)c(F)cc1F. The summed E-state index contributed by atoms with van der Waals surface area (Å²) in [6.45, 7) is 0.941. The summed E-state index contributed by atoms with van der Waals surface area (Å²) in [4.78, 5) is 35.8. The highest BCUT2D eigenvalue weighted by Gasteiger charge is 2.46. The van der Waals surface area contributed by atoms with Gasteiger partial charge in [0.25, 0.3) is 5.91 Å². The first-order valence-corrected chi connectivity index (χ1v) is 16.6. The molecule has 6 N–H and O–H groups in total. The van der Waals surface area contributed by atoms with Crippen LogP contribution in [0.25, 0.3) is 11.3 Å². The first-order valence-electron chi connectivity index (χ1n) is 16.2. The van der Waals surface area contributed by atoms with Gasteiger partial charge in [0.05, 0.1) is 35.1 Å². The van der Waals surface area contributed by atoms with Gasteiger partial charge in [0.2, 0.25) is 5.91 Å². The van der Waals surface area contributed by atoms with E-state index in [2.05, 4.69) is 15.3 Å². The lowest BCUT2D eigenvalue weighted by atomic mass is 9.80. The van der Waals surface area contributed by atoms with Crippen LogP contribution in [0.1, 0.15) is 65.3 Å². The fourth-order valence-corrected chi connectivity index (χ4v) is 5.97. The minimum atomic E-state index is -2.06. The van der Waals surface area contributed by atoms with Crippen molar-refractivity contribution in [1.29, 1.82) is 0 Å². The van der Waals surface area contributed by atoms with E-state index in [1.54, 1.807) is 55.6 Å². The Morgan fingerprint density at radius 2 is 1.88 bits per heavy atom. The number of carbonyl (C=O) groups is 2. The molecule has 0 saturated heterocycles. The molecule has 258 valence electrons. The predicted molar refractivity (Wildman–Crippen MR) is 184 cm³/mol. The summed E-state index contributed by atoms with van der Waals surface area (Å²) in [5, 5.41) is 15.0. The fourth-order valence-electron chi connectivity index (χ4n) is 5.81. The van der Waals surface area contributed by atoms with Gasteiger partial charge < -0.3 is 31.4 Å². The lowest BCUT2D eigenvalue weighted by molar-refractivity contribution is -0.123. The number of halogens is 3. The predicted octanol–water partition coefficient (Wildman–Crippen LogP) is 5.19. The van der Waals surface area contributed by atoms with Crippen LogP contribution < -0.4 is 26.3 Å². The number of hydrogen-bond donors (Lipinski definition) is 4. The second-order valence-corrected chi connectivity index (χ2v) is 13.6. The smallest absolute Gasteiger partial charge is 0.251 e. The molecular formula is C37H34ClF2N5O5. The number of anilines is 1. The van der Waals surface area contributed by atoms with Gasteiger partial charge in [-0.3, -0.25) is 14.6 Å². The van der Waals surface area contributed by atoms with Crippen molar-refractivity contribution in [2.75, 3.05) is 18.9 Å². The number of aliphatic imine (C=N–C) groups is 1. The molecular weight excluding hydrogens is 668 g/mol. The number of nitrogen functional groups attached to an aromatic ring is 1. The number of nitrogens with two attached hydrogens (primary N) is 2. The van der Waals surface area contributed by atoms with Gasteiger partial charge in [0, 0.05) is 34.5 Å². The molecule has 0 radical (unpaired) electrons. The Kier molecular flexibility index (Phi) is 8.47. The van der Waals surface area contributed by atoms with Crippen LogP contribution in [0.5, 0.6) is 11.5 Å². The Labute approximate surface area is 291 Å². The summed E-state index contributed by atoms with van der Waals surface area (Å²) in [5.41, 5.74) is 10.0. The minimum Gasteiger partial charge on any atom is -0.489 e. The maximum atomic E-state index is 15.4. The van der Waals surface area contributed by atoms with Crippen LogP contribution in [0, 0.1) is 11.6 Å².